The molecule has 6 nitrogen and oxygen atoms in total. The van der Waals surface area contributed by atoms with Crippen molar-refractivity contribution in [2.75, 3.05) is 13.2 Å². The van der Waals surface area contributed by atoms with Gasteiger partial charge >= 0.3 is 0 Å². The van der Waals surface area contributed by atoms with E-state index in [4.69, 9.17) is 21.1 Å². The Kier molecular flexibility index (Phi) is 5.27. The maximum absolute atomic E-state index is 13.5. The molecule has 0 radical (unpaired) electrons. The van der Waals surface area contributed by atoms with Crippen molar-refractivity contribution in [1.29, 1.82) is 0 Å². The Morgan fingerprint density at radius 3 is 2.10 bits per heavy atom. The lowest BCUT2D eigenvalue weighted by Crippen LogP contribution is -2.84. The smallest absolute Gasteiger partial charge is 0.258 e. The van der Waals surface area contributed by atoms with Crippen molar-refractivity contribution in [1.82, 2.24) is 10.6 Å². The normalized spacial score (nSPS) is 23.6. The van der Waals surface area contributed by atoms with Gasteiger partial charge in [-0.1, -0.05) is 23.7 Å². The lowest BCUT2D eigenvalue weighted by atomic mass is 9.44. The number of benzene rings is 2. The molecule has 30 heavy (non-hydrogen) atoms. The number of hydrogen-bond acceptors (Lipinski definition) is 4. The van der Waals surface area contributed by atoms with Crippen LogP contribution in [0.4, 0.5) is 8.78 Å². The molecule has 0 heterocycles. The highest BCUT2D eigenvalue weighted by atomic mass is 35.5. The van der Waals surface area contributed by atoms with Crippen molar-refractivity contribution in [3.63, 3.8) is 0 Å². The first-order valence-corrected chi connectivity index (χ1v) is 9.73. The molecule has 2 bridgehead atoms. The van der Waals surface area contributed by atoms with Crippen LogP contribution in [0.15, 0.2) is 42.5 Å². The molecule has 0 unspecified atom stereocenters. The van der Waals surface area contributed by atoms with E-state index in [9.17, 15) is 18.4 Å². The first kappa shape index (κ1) is 20.4. The second kappa shape index (κ2) is 7.75. The predicted molar refractivity (Wildman–Crippen MR) is 104 cm³/mol. The summed E-state index contributed by atoms with van der Waals surface area (Å²) in [7, 11) is 0. The van der Waals surface area contributed by atoms with E-state index >= 15 is 0 Å². The third-order valence-corrected chi connectivity index (χ3v) is 5.60. The van der Waals surface area contributed by atoms with E-state index in [0.29, 0.717) is 19.3 Å². The summed E-state index contributed by atoms with van der Waals surface area (Å²) >= 11 is 5.60. The summed E-state index contributed by atoms with van der Waals surface area (Å²) in [4.78, 5) is 24.2. The molecule has 3 aliphatic carbocycles. The van der Waals surface area contributed by atoms with E-state index < -0.39 is 11.6 Å². The Morgan fingerprint density at radius 1 is 0.900 bits per heavy atom. The first-order chi connectivity index (χ1) is 14.3. The summed E-state index contributed by atoms with van der Waals surface area (Å²) in [5, 5.41) is 5.77. The second-order valence-electron chi connectivity index (χ2n) is 7.77. The molecular weight excluding hydrogens is 418 g/mol. The van der Waals surface area contributed by atoms with E-state index in [-0.39, 0.29) is 52.6 Å². The predicted octanol–water partition coefficient (Wildman–Crippen LogP) is 2.98. The molecule has 2 N–H and O–H groups in total. The molecule has 0 saturated heterocycles. The van der Waals surface area contributed by atoms with Gasteiger partial charge in [-0.3, -0.25) is 9.59 Å². The quantitative estimate of drug-likeness (QED) is 0.667. The third kappa shape index (κ3) is 4.18. The monoisotopic (exact) mass is 436 g/mol. The maximum atomic E-state index is 13.5. The molecular formula is C21H19ClF2N2O4. The summed E-state index contributed by atoms with van der Waals surface area (Å²) in [6.07, 6.45) is 1.81. The first-order valence-electron chi connectivity index (χ1n) is 9.35. The number of nitrogens with one attached hydrogen (secondary N) is 2. The summed E-state index contributed by atoms with van der Waals surface area (Å²) in [6, 6.07) is 9.82. The molecule has 3 saturated carbocycles. The zero-order valence-electron chi connectivity index (χ0n) is 15.8. The molecule has 3 aliphatic rings. The average molecular weight is 437 g/mol. The van der Waals surface area contributed by atoms with Crippen molar-refractivity contribution in [2.45, 2.75) is 30.3 Å². The lowest BCUT2D eigenvalue weighted by molar-refractivity contribution is -0.151. The Hall–Kier alpha value is -2.87. The van der Waals surface area contributed by atoms with Gasteiger partial charge in [0.25, 0.3) is 11.8 Å². The van der Waals surface area contributed by atoms with Crippen molar-refractivity contribution < 1.29 is 27.8 Å². The van der Waals surface area contributed by atoms with E-state index in [0.717, 1.165) is 6.07 Å². The number of para-hydroxylation sites is 1. The van der Waals surface area contributed by atoms with Crippen molar-refractivity contribution >= 4 is 23.4 Å². The maximum Gasteiger partial charge on any atom is 0.258 e. The summed E-state index contributed by atoms with van der Waals surface area (Å²) < 4.78 is 37.4. The van der Waals surface area contributed by atoms with Crippen LogP contribution in [0.1, 0.15) is 19.3 Å². The molecule has 3 fully saturated rings. The molecule has 2 aromatic carbocycles. The van der Waals surface area contributed by atoms with E-state index in [1.807, 2.05) is 0 Å². The van der Waals surface area contributed by atoms with Crippen LogP contribution in [-0.4, -0.2) is 36.1 Å². The molecule has 2 amide bonds. The van der Waals surface area contributed by atoms with Crippen LogP contribution < -0.4 is 20.1 Å². The molecule has 0 aliphatic heterocycles. The van der Waals surface area contributed by atoms with Gasteiger partial charge in [-0.15, -0.1) is 0 Å². The Labute approximate surface area is 176 Å². The molecule has 158 valence electrons. The lowest BCUT2D eigenvalue weighted by Gasteiger charge is -2.70. The van der Waals surface area contributed by atoms with Gasteiger partial charge in [0.05, 0.1) is 5.02 Å². The van der Waals surface area contributed by atoms with Crippen LogP contribution >= 0.6 is 11.6 Å². The SMILES string of the molecule is O=C(COc1ccc(Cl)c(F)c1)NC12CC(NC(=O)COc3ccccc3F)(C1)C2. The molecule has 2 aromatic rings. The average Bonchev–Trinajstić information content (AvgIpc) is 2.65. The molecule has 0 atom stereocenters. The number of ether oxygens (including phenoxy) is 2. The summed E-state index contributed by atoms with van der Waals surface area (Å²) in [6.45, 7) is -0.536. The Balaban J connectivity index is 1.18. The van der Waals surface area contributed by atoms with E-state index in [1.165, 1.54) is 30.3 Å². The zero-order valence-corrected chi connectivity index (χ0v) is 16.6. The fraction of sp³-hybridized carbons (Fsp3) is 0.333. The van der Waals surface area contributed by atoms with Crippen molar-refractivity contribution in [2.24, 2.45) is 0 Å². The zero-order chi connectivity index (χ0) is 21.4. The van der Waals surface area contributed by atoms with Gasteiger partial charge in [0, 0.05) is 17.1 Å². The summed E-state index contributed by atoms with van der Waals surface area (Å²) in [5.41, 5.74) is -0.714. The van der Waals surface area contributed by atoms with Gasteiger partial charge < -0.3 is 20.1 Å². The number of hydrogen-bond donors (Lipinski definition) is 2. The fourth-order valence-corrected chi connectivity index (χ4v) is 4.25. The fourth-order valence-electron chi connectivity index (χ4n) is 4.14. The molecule has 0 aromatic heterocycles. The molecule has 0 spiro atoms. The van der Waals surface area contributed by atoms with Crippen molar-refractivity contribution in [3.05, 3.63) is 59.1 Å². The van der Waals surface area contributed by atoms with Gasteiger partial charge in [-0.2, -0.15) is 0 Å². The number of carbonyl (C=O) groups excluding carboxylic acids is 2. The Morgan fingerprint density at radius 2 is 1.50 bits per heavy atom. The van der Waals surface area contributed by atoms with Crippen LogP contribution in [0, 0.1) is 11.6 Å². The highest BCUT2D eigenvalue weighted by Crippen LogP contribution is 2.60. The molecule has 9 heteroatoms. The third-order valence-electron chi connectivity index (χ3n) is 5.30. The van der Waals surface area contributed by atoms with Crippen LogP contribution in [0.2, 0.25) is 5.02 Å². The van der Waals surface area contributed by atoms with E-state index in [2.05, 4.69) is 10.6 Å². The minimum absolute atomic E-state index is 0.0210. The molecule has 5 rings (SSSR count). The number of rotatable bonds is 8. The minimum atomic E-state index is -0.620. The van der Waals surface area contributed by atoms with Gasteiger partial charge in [0.1, 0.15) is 11.6 Å². The van der Waals surface area contributed by atoms with Gasteiger partial charge in [-0.05, 0) is 43.5 Å². The highest BCUT2D eigenvalue weighted by molar-refractivity contribution is 6.30. The van der Waals surface area contributed by atoms with Crippen molar-refractivity contribution in [3.8, 4) is 11.5 Å². The van der Waals surface area contributed by atoms with Crippen LogP contribution in [0.3, 0.4) is 0 Å². The summed E-state index contributed by atoms with van der Waals surface area (Å²) in [5.74, 6) is -1.58. The Bertz CT molecular complexity index is 981. The second-order valence-corrected chi connectivity index (χ2v) is 8.18. The van der Waals surface area contributed by atoms with Crippen LogP contribution in [0.25, 0.3) is 0 Å². The minimum Gasteiger partial charge on any atom is -0.484 e. The van der Waals surface area contributed by atoms with Crippen LogP contribution in [-0.2, 0) is 9.59 Å². The van der Waals surface area contributed by atoms with E-state index in [1.54, 1.807) is 6.07 Å². The largest absolute Gasteiger partial charge is 0.484 e. The number of amides is 2. The number of carbonyl (C=O) groups is 2. The van der Waals surface area contributed by atoms with Gasteiger partial charge in [-0.25, -0.2) is 8.78 Å². The van der Waals surface area contributed by atoms with Crippen LogP contribution in [0.5, 0.6) is 11.5 Å². The topological polar surface area (TPSA) is 76.7 Å². The van der Waals surface area contributed by atoms with Gasteiger partial charge in [0.15, 0.2) is 24.8 Å². The standard InChI is InChI=1S/C21H19ClF2N2O4/c22-14-6-5-13(7-16(14)24)29-8-18(27)25-20-10-21(11-20,12-20)26-19(28)9-30-17-4-2-1-3-15(17)23/h1-7H,8-12H2,(H,25,27)(H,26,28). The highest BCUT2D eigenvalue weighted by Gasteiger charge is 2.69. The van der Waals surface area contributed by atoms with Gasteiger partial charge in [0.2, 0.25) is 0 Å². The number of halogens is 3.